The van der Waals surface area contributed by atoms with Crippen LogP contribution >= 0.6 is 0 Å². The molecule has 0 bridgehead atoms. The summed E-state index contributed by atoms with van der Waals surface area (Å²) in [6.45, 7) is 9.32. The molecule has 1 N–H and O–H groups in total. The summed E-state index contributed by atoms with van der Waals surface area (Å²) in [5.41, 5.74) is 4.38. The van der Waals surface area contributed by atoms with Crippen molar-refractivity contribution in [1.29, 1.82) is 0 Å². The minimum absolute atomic E-state index is 0.174. The molecular formula is C27H31N7O2. The van der Waals surface area contributed by atoms with Gasteiger partial charge < -0.3 is 15.1 Å². The van der Waals surface area contributed by atoms with Gasteiger partial charge in [-0.3, -0.25) is 4.79 Å². The number of fused-ring (bicyclic) bond motifs is 1. The summed E-state index contributed by atoms with van der Waals surface area (Å²) in [7, 11) is 0. The van der Waals surface area contributed by atoms with Crippen molar-refractivity contribution in [3.05, 3.63) is 82.5 Å². The lowest BCUT2D eigenvalue weighted by atomic mass is 10.0. The van der Waals surface area contributed by atoms with Gasteiger partial charge in [-0.05, 0) is 42.7 Å². The lowest BCUT2D eigenvalue weighted by molar-refractivity contribution is -0.117. The molecule has 0 saturated carbocycles. The molecule has 5 rings (SSSR count). The van der Waals surface area contributed by atoms with Crippen LogP contribution in [0.4, 0.5) is 17.2 Å². The Bertz CT molecular complexity index is 1430. The van der Waals surface area contributed by atoms with Gasteiger partial charge >= 0.3 is 5.69 Å². The van der Waals surface area contributed by atoms with Crippen LogP contribution in [0.2, 0.25) is 0 Å². The van der Waals surface area contributed by atoms with Crippen molar-refractivity contribution in [3.63, 3.8) is 0 Å². The van der Waals surface area contributed by atoms with Gasteiger partial charge in [-0.15, -0.1) is 5.10 Å². The van der Waals surface area contributed by atoms with Crippen molar-refractivity contribution in [2.75, 3.05) is 41.3 Å². The van der Waals surface area contributed by atoms with E-state index in [-0.39, 0.29) is 18.1 Å². The zero-order chi connectivity index (χ0) is 25.2. The van der Waals surface area contributed by atoms with Gasteiger partial charge in [0, 0.05) is 49.9 Å². The highest BCUT2D eigenvalue weighted by Gasteiger charge is 2.23. The molecule has 0 atom stereocenters. The first kappa shape index (κ1) is 23.6. The number of carbonyl (C=O) groups excluding carboxylic acids is 1. The van der Waals surface area contributed by atoms with Gasteiger partial charge in [0.25, 0.3) is 0 Å². The number of rotatable bonds is 6. The lowest BCUT2D eigenvalue weighted by Crippen LogP contribution is -2.47. The molecule has 186 valence electrons. The number of hydrogen-bond acceptors (Lipinski definition) is 6. The van der Waals surface area contributed by atoms with E-state index in [1.54, 1.807) is 12.4 Å². The molecule has 36 heavy (non-hydrogen) atoms. The van der Waals surface area contributed by atoms with Crippen LogP contribution in [0.25, 0.3) is 5.65 Å². The molecule has 9 heteroatoms. The number of hydrogen-bond donors (Lipinski definition) is 1. The molecule has 0 radical (unpaired) electrons. The van der Waals surface area contributed by atoms with Gasteiger partial charge in [-0.25, -0.2) is 18.9 Å². The SMILES string of the molecule is Cc1ccc(N2CCN(c3nccn4c(=O)n(CC(=O)Nc5cccc(C(C)C)c5)nc34)CC2)cc1. The predicted molar refractivity (Wildman–Crippen MR) is 142 cm³/mol. The van der Waals surface area contributed by atoms with E-state index >= 15 is 0 Å². The van der Waals surface area contributed by atoms with E-state index in [1.807, 2.05) is 24.3 Å². The Morgan fingerprint density at radius 1 is 1.03 bits per heavy atom. The Hall–Kier alpha value is -4.14. The molecule has 0 unspecified atom stereocenters. The smallest absolute Gasteiger partial charge is 0.350 e. The summed E-state index contributed by atoms with van der Waals surface area (Å²) in [6, 6.07) is 16.3. The Morgan fingerprint density at radius 3 is 2.47 bits per heavy atom. The number of aryl methyl sites for hydroxylation is 1. The Labute approximate surface area is 210 Å². The lowest BCUT2D eigenvalue weighted by Gasteiger charge is -2.36. The largest absolute Gasteiger partial charge is 0.368 e. The molecule has 1 aliphatic heterocycles. The second kappa shape index (κ2) is 9.85. The van der Waals surface area contributed by atoms with Crippen molar-refractivity contribution in [1.82, 2.24) is 19.2 Å². The fourth-order valence-electron chi connectivity index (χ4n) is 4.51. The van der Waals surface area contributed by atoms with Gasteiger partial charge in [0.1, 0.15) is 6.54 Å². The van der Waals surface area contributed by atoms with E-state index in [9.17, 15) is 9.59 Å². The standard InChI is InChI=1S/C27H31N7O2/c1-19(2)21-5-4-6-22(17-21)29-24(35)18-34-27(36)33-12-11-28-25(26(33)30-34)32-15-13-31(14-16-32)23-9-7-20(3)8-10-23/h4-12,17,19H,13-16,18H2,1-3H3,(H,29,35). The fraction of sp³-hybridized carbons (Fsp3) is 0.333. The van der Waals surface area contributed by atoms with Crippen LogP contribution in [0.5, 0.6) is 0 Å². The maximum atomic E-state index is 13.0. The highest BCUT2D eigenvalue weighted by molar-refractivity contribution is 5.90. The number of benzene rings is 2. The van der Waals surface area contributed by atoms with E-state index in [1.165, 1.54) is 20.3 Å². The van der Waals surface area contributed by atoms with Crippen LogP contribution in [0, 0.1) is 6.92 Å². The molecular weight excluding hydrogens is 454 g/mol. The van der Waals surface area contributed by atoms with Gasteiger partial charge in [0.05, 0.1) is 0 Å². The van der Waals surface area contributed by atoms with Gasteiger partial charge in [0.2, 0.25) is 11.6 Å². The molecule has 1 fully saturated rings. The number of nitrogens with one attached hydrogen (secondary N) is 1. The quantitative estimate of drug-likeness (QED) is 0.451. The predicted octanol–water partition coefficient (Wildman–Crippen LogP) is 3.29. The number of aromatic nitrogens is 4. The number of carbonyl (C=O) groups is 1. The van der Waals surface area contributed by atoms with Gasteiger partial charge in [0.15, 0.2) is 5.82 Å². The number of amides is 1. The second-order valence-electron chi connectivity index (χ2n) is 9.52. The zero-order valence-electron chi connectivity index (χ0n) is 20.9. The third-order valence-electron chi connectivity index (χ3n) is 6.59. The minimum atomic E-state index is -0.363. The molecule has 9 nitrogen and oxygen atoms in total. The van der Waals surface area contributed by atoms with Crippen LogP contribution in [0.15, 0.2) is 65.7 Å². The van der Waals surface area contributed by atoms with Crippen molar-refractivity contribution in [2.45, 2.75) is 33.2 Å². The average Bonchev–Trinajstić information content (AvgIpc) is 3.20. The first-order valence-corrected chi connectivity index (χ1v) is 12.3. The molecule has 4 aromatic rings. The fourth-order valence-corrected chi connectivity index (χ4v) is 4.51. The first-order chi connectivity index (χ1) is 17.4. The third kappa shape index (κ3) is 4.82. The van der Waals surface area contributed by atoms with Crippen LogP contribution in [-0.4, -0.2) is 51.3 Å². The first-order valence-electron chi connectivity index (χ1n) is 12.3. The highest BCUT2D eigenvalue weighted by Crippen LogP contribution is 2.22. The van der Waals surface area contributed by atoms with E-state index in [2.05, 4.69) is 70.2 Å². The van der Waals surface area contributed by atoms with Crippen LogP contribution in [-0.2, 0) is 11.3 Å². The van der Waals surface area contributed by atoms with E-state index in [0.717, 1.165) is 31.7 Å². The number of anilines is 3. The summed E-state index contributed by atoms with van der Waals surface area (Å²) >= 11 is 0. The van der Waals surface area contributed by atoms with Crippen molar-refractivity contribution < 1.29 is 4.79 Å². The van der Waals surface area contributed by atoms with E-state index in [0.29, 0.717) is 23.1 Å². The van der Waals surface area contributed by atoms with Crippen molar-refractivity contribution in [3.8, 4) is 0 Å². The average molecular weight is 486 g/mol. The molecule has 2 aromatic carbocycles. The van der Waals surface area contributed by atoms with Crippen LogP contribution < -0.4 is 20.8 Å². The maximum absolute atomic E-state index is 13.0. The normalized spacial score (nSPS) is 14.0. The summed E-state index contributed by atoms with van der Waals surface area (Å²) in [5, 5.41) is 7.37. The monoisotopic (exact) mass is 485 g/mol. The second-order valence-corrected chi connectivity index (χ2v) is 9.52. The Morgan fingerprint density at radius 2 is 1.75 bits per heavy atom. The Kier molecular flexibility index (Phi) is 6.45. The number of piperazine rings is 1. The summed E-state index contributed by atoms with van der Waals surface area (Å²) in [6.07, 6.45) is 3.21. The summed E-state index contributed by atoms with van der Waals surface area (Å²) in [4.78, 5) is 34.7. The van der Waals surface area contributed by atoms with Crippen molar-refractivity contribution >= 4 is 28.7 Å². The highest BCUT2D eigenvalue weighted by atomic mass is 16.2. The van der Waals surface area contributed by atoms with Gasteiger partial charge in [-0.1, -0.05) is 43.7 Å². The third-order valence-corrected chi connectivity index (χ3v) is 6.59. The molecule has 3 heterocycles. The Balaban J connectivity index is 1.31. The molecule has 2 aromatic heterocycles. The minimum Gasteiger partial charge on any atom is -0.368 e. The van der Waals surface area contributed by atoms with Gasteiger partial charge in [-0.2, -0.15) is 0 Å². The molecule has 1 saturated heterocycles. The summed E-state index contributed by atoms with van der Waals surface area (Å²) in [5.74, 6) is 0.706. The van der Waals surface area contributed by atoms with E-state index in [4.69, 9.17) is 0 Å². The molecule has 1 amide bonds. The molecule has 1 aliphatic rings. The van der Waals surface area contributed by atoms with Crippen LogP contribution in [0.3, 0.4) is 0 Å². The zero-order valence-corrected chi connectivity index (χ0v) is 20.9. The molecule has 0 spiro atoms. The van der Waals surface area contributed by atoms with E-state index < -0.39 is 0 Å². The molecule has 0 aliphatic carbocycles. The van der Waals surface area contributed by atoms with Crippen LogP contribution in [0.1, 0.15) is 30.9 Å². The number of nitrogens with zero attached hydrogens (tertiary/aromatic N) is 6. The topological polar surface area (TPSA) is 87.8 Å². The summed E-state index contributed by atoms with van der Waals surface area (Å²) < 4.78 is 2.66. The van der Waals surface area contributed by atoms with Crippen molar-refractivity contribution in [2.24, 2.45) is 0 Å². The maximum Gasteiger partial charge on any atom is 0.350 e.